The summed E-state index contributed by atoms with van der Waals surface area (Å²) in [4.78, 5) is 36.9. The smallest absolute Gasteiger partial charge is 0.338 e. The lowest BCUT2D eigenvalue weighted by Gasteiger charge is -2.18. The van der Waals surface area contributed by atoms with E-state index in [1.807, 2.05) is 13.0 Å². The Morgan fingerprint density at radius 2 is 1.96 bits per heavy atom. The number of ether oxygens (including phenoxy) is 1. The van der Waals surface area contributed by atoms with Gasteiger partial charge in [0.2, 0.25) is 0 Å². The first-order valence-electron chi connectivity index (χ1n) is 7.88. The van der Waals surface area contributed by atoms with Gasteiger partial charge in [-0.25, -0.2) is 14.3 Å². The molecule has 25 heavy (non-hydrogen) atoms. The van der Waals surface area contributed by atoms with Gasteiger partial charge in [-0.15, -0.1) is 0 Å². The molecule has 0 aliphatic carbocycles. The highest BCUT2D eigenvalue weighted by atomic mass is 16.5. The number of urea groups is 1. The molecule has 1 aromatic carbocycles. The highest BCUT2D eigenvalue weighted by Crippen LogP contribution is 2.13. The lowest BCUT2D eigenvalue weighted by molar-refractivity contribution is -0.136. The van der Waals surface area contributed by atoms with Gasteiger partial charge in [0.1, 0.15) is 0 Å². The maximum atomic E-state index is 12.2. The van der Waals surface area contributed by atoms with Crippen molar-refractivity contribution in [1.29, 1.82) is 0 Å². The molecule has 2 aromatic rings. The Hall–Kier alpha value is -3.16. The van der Waals surface area contributed by atoms with E-state index in [0.717, 1.165) is 16.3 Å². The third kappa shape index (κ3) is 3.37. The number of imide groups is 1. The number of aromatic nitrogens is 2. The SMILES string of the molecule is Cc1ccnn1-c1ccc(C(=O)O[C@@H](C)C(=O)N2CCNC2=O)cc1. The molecule has 1 aliphatic rings. The number of amides is 3. The first-order valence-corrected chi connectivity index (χ1v) is 7.88. The molecule has 0 saturated carbocycles. The fourth-order valence-corrected chi connectivity index (χ4v) is 2.56. The van der Waals surface area contributed by atoms with Crippen LogP contribution in [0, 0.1) is 6.92 Å². The van der Waals surface area contributed by atoms with Crippen molar-refractivity contribution in [2.45, 2.75) is 20.0 Å². The van der Waals surface area contributed by atoms with Crippen molar-refractivity contribution >= 4 is 17.9 Å². The van der Waals surface area contributed by atoms with Gasteiger partial charge in [0.15, 0.2) is 6.10 Å². The Morgan fingerprint density at radius 3 is 2.52 bits per heavy atom. The third-order valence-electron chi connectivity index (χ3n) is 3.93. The maximum Gasteiger partial charge on any atom is 0.338 e. The predicted molar refractivity (Wildman–Crippen MR) is 88.3 cm³/mol. The minimum absolute atomic E-state index is 0.275. The summed E-state index contributed by atoms with van der Waals surface area (Å²) in [6, 6.07) is 8.13. The average Bonchev–Trinajstić information content (AvgIpc) is 3.22. The van der Waals surface area contributed by atoms with Crippen LogP contribution in [-0.4, -0.2) is 51.8 Å². The Morgan fingerprint density at radius 1 is 1.24 bits per heavy atom. The molecule has 1 N–H and O–H groups in total. The molecule has 0 unspecified atom stereocenters. The summed E-state index contributed by atoms with van der Waals surface area (Å²) in [5.41, 5.74) is 2.11. The number of benzene rings is 1. The van der Waals surface area contributed by atoms with Gasteiger partial charge in [-0.3, -0.25) is 9.69 Å². The van der Waals surface area contributed by atoms with Gasteiger partial charge in [-0.2, -0.15) is 5.10 Å². The van der Waals surface area contributed by atoms with Crippen molar-refractivity contribution < 1.29 is 19.1 Å². The normalized spacial score (nSPS) is 15.0. The first-order chi connectivity index (χ1) is 12.0. The van der Waals surface area contributed by atoms with E-state index in [1.54, 1.807) is 35.1 Å². The molecule has 1 atom stereocenters. The number of nitrogens with zero attached hydrogens (tertiary/aromatic N) is 3. The van der Waals surface area contributed by atoms with Crippen molar-refractivity contribution in [3.8, 4) is 5.69 Å². The summed E-state index contributed by atoms with van der Waals surface area (Å²) in [6.07, 6.45) is 0.656. The van der Waals surface area contributed by atoms with Crippen molar-refractivity contribution in [2.75, 3.05) is 13.1 Å². The molecule has 1 aromatic heterocycles. The number of carbonyl (C=O) groups excluding carboxylic acids is 3. The quantitative estimate of drug-likeness (QED) is 0.845. The van der Waals surface area contributed by atoms with Gasteiger partial charge < -0.3 is 10.1 Å². The zero-order chi connectivity index (χ0) is 18.0. The summed E-state index contributed by atoms with van der Waals surface area (Å²) in [5.74, 6) is -1.16. The number of hydrogen-bond acceptors (Lipinski definition) is 5. The Kier molecular flexibility index (Phi) is 4.51. The molecule has 0 bridgehead atoms. The number of hydrogen-bond donors (Lipinski definition) is 1. The Labute approximate surface area is 144 Å². The fourth-order valence-electron chi connectivity index (χ4n) is 2.56. The molecule has 8 nitrogen and oxygen atoms in total. The van der Waals surface area contributed by atoms with E-state index in [1.165, 1.54) is 6.92 Å². The van der Waals surface area contributed by atoms with Crippen LogP contribution in [0.15, 0.2) is 36.5 Å². The van der Waals surface area contributed by atoms with Crippen LogP contribution in [0.1, 0.15) is 23.0 Å². The number of esters is 1. The molecule has 0 spiro atoms. The van der Waals surface area contributed by atoms with Gasteiger partial charge in [0.05, 0.1) is 11.3 Å². The average molecular weight is 342 g/mol. The molecule has 1 saturated heterocycles. The largest absolute Gasteiger partial charge is 0.449 e. The van der Waals surface area contributed by atoms with Gasteiger partial charge in [-0.05, 0) is 44.2 Å². The van der Waals surface area contributed by atoms with E-state index in [0.29, 0.717) is 12.1 Å². The van der Waals surface area contributed by atoms with Crippen molar-refractivity contribution in [2.24, 2.45) is 0 Å². The van der Waals surface area contributed by atoms with Gasteiger partial charge in [0.25, 0.3) is 5.91 Å². The third-order valence-corrected chi connectivity index (χ3v) is 3.93. The standard InChI is InChI=1S/C17H18N4O4/c1-11-7-8-19-21(11)14-5-3-13(4-6-14)16(23)25-12(2)15(22)20-10-9-18-17(20)24/h3-8,12H,9-10H2,1-2H3,(H,18,24)/t12-/m0/s1. The molecular formula is C17H18N4O4. The number of carbonyl (C=O) groups is 3. The maximum absolute atomic E-state index is 12.2. The molecule has 3 amide bonds. The van der Waals surface area contributed by atoms with Crippen molar-refractivity contribution in [3.05, 3.63) is 47.8 Å². The zero-order valence-corrected chi connectivity index (χ0v) is 13.9. The first kappa shape index (κ1) is 16.7. The van der Waals surface area contributed by atoms with Crippen LogP contribution in [0.2, 0.25) is 0 Å². The van der Waals surface area contributed by atoms with Gasteiger partial charge in [-0.1, -0.05) is 0 Å². The van der Waals surface area contributed by atoms with Crippen LogP contribution in [-0.2, 0) is 9.53 Å². The minimum atomic E-state index is -1.04. The lowest BCUT2D eigenvalue weighted by atomic mass is 10.2. The van der Waals surface area contributed by atoms with E-state index in [-0.39, 0.29) is 6.54 Å². The van der Waals surface area contributed by atoms with Crippen LogP contribution in [0.5, 0.6) is 0 Å². The van der Waals surface area contributed by atoms with Gasteiger partial charge >= 0.3 is 12.0 Å². The summed E-state index contributed by atoms with van der Waals surface area (Å²) < 4.78 is 6.92. The molecule has 0 radical (unpaired) electrons. The molecule has 1 fully saturated rings. The van der Waals surface area contributed by atoms with Crippen LogP contribution < -0.4 is 5.32 Å². The number of nitrogens with one attached hydrogen (secondary N) is 1. The highest BCUT2D eigenvalue weighted by molar-refractivity contribution is 5.99. The summed E-state index contributed by atoms with van der Waals surface area (Å²) >= 11 is 0. The lowest BCUT2D eigenvalue weighted by Crippen LogP contribution is -2.41. The molecular weight excluding hydrogens is 324 g/mol. The molecule has 3 rings (SSSR count). The van der Waals surface area contributed by atoms with Crippen molar-refractivity contribution in [3.63, 3.8) is 0 Å². The van der Waals surface area contributed by atoms with Gasteiger partial charge in [0, 0.05) is 25.0 Å². The van der Waals surface area contributed by atoms with Crippen molar-refractivity contribution in [1.82, 2.24) is 20.0 Å². The van der Waals surface area contributed by atoms with Crippen LogP contribution >= 0.6 is 0 Å². The predicted octanol–water partition coefficient (Wildman–Crippen LogP) is 1.28. The monoisotopic (exact) mass is 342 g/mol. The second kappa shape index (κ2) is 6.76. The summed E-state index contributed by atoms with van der Waals surface area (Å²) in [5, 5.41) is 6.73. The molecule has 130 valence electrons. The second-order valence-corrected chi connectivity index (χ2v) is 5.70. The number of rotatable bonds is 4. The number of aryl methyl sites for hydroxylation is 1. The zero-order valence-electron chi connectivity index (χ0n) is 13.9. The van der Waals surface area contributed by atoms with E-state index < -0.39 is 24.0 Å². The van der Waals surface area contributed by atoms with E-state index in [2.05, 4.69) is 10.4 Å². The van der Waals surface area contributed by atoms with Crippen LogP contribution in [0.4, 0.5) is 4.79 Å². The molecule has 1 aliphatic heterocycles. The fraction of sp³-hybridized carbons (Fsp3) is 0.294. The summed E-state index contributed by atoms with van der Waals surface area (Å²) in [7, 11) is 0. The Bertz CT molecular complexity index is 812. The molecule has 8 heteroatoms. The van der Waals surface area contributed by atoms with E-state index in [4.69, 9.17) is 4.74 Å². The minimum Gasteiger partial charge on any atom is -0.449 e. The summed E-state index contributed by atoms with van der Waals surface area (Å²) in [6.45, 7) is 4.06. The Balaban J connectivity index is 1.66. The van der Waals surface area contributed by atoms with Crippen LogP contribution in [0.3, 0.4) is 0 Å². The second-order valence-electron chi connectivity index (χ2n) is 5.70. The highest BCUT2D eigenvalue weighted by Gasteiger charge is 2.31. The van der Waals surface area contributed by atoms with E-state index in [9.17, 15) is 14.4 Å². The van der Waals surface area contributed by atoms with Crippen LogP contribution in [0.25, 0.3) is 5.69 Å². The topological polar surface area (TPSA) is 93.5 Å². The van der Waals surface area contributed by atoms with E-state index >= 15 is 0 Å². The molecule has 2 heterocycles.